The number of fused-ring (bicyclic) bond motifs is 1. The summed E-state index contributed by atoms with van der Waals surface area (Å²) >= 11 is 8.06. The molecule has 0 unspecified atom stereocenters. The van der Waals surface area contributed by atoms with E-state index in [9.17, 15) is 0 Å². The minimum atomic E-state index is -0.0360. The standard InChI is InChI=1S/C29H23ClN4OS/c1-2-35-22-13-10-19(11-14-22)26-18-25(27-9-6-16-36-27)33-34(26)29-31-24-15-12-21(30)17-23(24)28(32-29)20-7-4-3-5-8-20/h3-17,26H,2,18H2,1H3/t26-/m1/s1. The van der Waals surface area contributed by atoms with E-state index < -0.39 is 0 Å². The second-order valence-electron chi connectivity index (χ2n) is 8.49. The molecule has 0 saturated heterocycles. The zero-order valence-electron chi connectivity index (χ0n) is 19.6. The fourth-order valence-electron chi connectivity index (χ4n) is 4.51. The molecule has 3 aromatic carbocycles. The highest BCUT2D eigenvalue weighted by atomic mass is 35.5. The Bertz CT molecular complexity index is 1540. The lowest BCUT2D eigenvalue weighted by molar-refractivity contribution is 0.340. The van der Waals surface area contributed by atoms with Crippen molar-refractivity contribution in [2.75, 3.05) is 11.6 Å². The van der Waals surface area contributed by atoms with Gasteiger partial charge >= 0.3 is 0 Å². The van der Waals surface area contributed by atoms with Crippen molar-refractivity contribution in [3.05, 3.63) is 106 Å². The maximum absolute atomic E-state index is 6.36. The van der Waals surface area contributed by atoms with Crippen LogP contribution in [-0.4, -0.2) is 22.3 Å². The normalized spacial score (nSPS) is 15.3. The van der Waals surface area contributed by atoms with E-state index in [1.807, 2.05) is 60.5 Å². The van der Waals surface area contributed by atoms with Gasteiger partial charge in [-0.3, -0.25) is 0 Å². The Morgan fingerprint density at radius 3 is 2.56 bits per heavy atom. The van der Waals surface area contributed by atoms with Gasteiger partial charge in [-0.05, 0) is 54.3 Å². The molecule has 1 aliphatic heterocycles. The Balaban J connectivity index is 1.50. The van der Waals surface area contributed by atoms with Crippen LogP contribution in [0.15, 0.2) is 95.4 Å². The highest BCUT2D eigenvalue weighted by Gasteiger charge is 2.32. The van der Waals surface area contributed by atoms with Crippen LogP contribution >= 0.6 is 22.9 Å². The third-order valence-corrected chi connectivity index (χ3v) is 7.34. The van der Waals surface area contributed by atoms with Crippen LogP contribution in [0.1, 0.15) is 29.8 Å². The molecule has 0 radical (unpaired) electrons. The quantitative estimate of drug-likeness (QED) is 0.234. The smallest absolute Gasteiger partial charge is 0.247 e. The first kappa shape index (κ1) is 22.7. The molecule has 0 amide bonds. The lowest BCUT2D eigenvalue weighted by atomic mass is 10.0. The summed E-state index contributed by atoms with van der Waals surface area (Å²) in [4.78, 5) is 11.2. The minimum absolute atomic E-state index is 0.0360. The Labute approximate surface area is 218 Å². The molecule has 2 aromatic heterocycles. The van der Waals surface area contributed by atoms with Crippen LogP contribution in [0, 0.1) is 0 Å². The molecule has 6 rings (SSSR count). The van der Waals surface area contributed by atoms with Gasteiger partial charge in [0.15, 0.2) is 0 Å². The molecule has 5 nitrogen and oxygen atoms in total. The van der Waals surface area contributed by atoms with Crippen molar-refractivity contribution in [3.63, 3.8) is 0 Å². The topological polar surface area (TPSA) is 50.6 Å². The van der Waals surface area contributed by atoms with Gasteiger partial charge in [-0.2, -0.15) is 5.10 Å². The van der Waals surface area contributed by atoms with Crippen molar-refractivity contribution in [1.29, 1.82) is 0 Å². The summed E-state index contributed by atoms with van der Waals surface area (Å²) in [6.45, 7) is 2.63. The van der Waals surface area contributed by atoms with Crippen molar-refractivity contribution >= 4 is 45.5 Å². The lowest BCUT2D eigenvalue weighted by Crippen LogP contribution is -2.21. The van der Waals surface area contributed by atoms with E-state index in [0.29, 0.717) is 17.6 Å². The van der Waals surface area contributed by atoms with Crippen LogP contribution in [0.4, 0.5) is 5.95 Å². The molecule has 0 aliphatic carbocycles. The fourth-order valence-corrected chi connectivity index (χ4v) is 5.40. The zero-order valence-corrected chi connectivity index (χ0v) is 21.2. The number of hydrazone groups is 1. The summed E-state index contributed by atoms with van der Waals surface area (Å²) in [6, 6.07) is 28.2. The maximum Gasteiger partial charge on any atom is 0.247 e. The molecule has 0 saturated carbocycles. The second-order valence-corrected chi connectivity index (χ2v) is 9.87. The van der Waals surface area contributed by atoms with Crippen molar-refractivity contribution < 1.29 is 4.74 Å². The molecule has 3 heterocycles. The molecule has 5 aromatic rings. The van der Waals surface area contributed by atoms with Crippen molar-refractivity contribution in [1.82, 2.24) is 9.97 Å². The van der Waals surface area contributed by atoms with Crippen molar-refractivity contribution in [2.24, 2.45) is 5.10 Å². The Morgan fingerprint density at radius 2 is 1.81 bits per heavy atom. The number of nitrogens with zero attached hydrogens (tertiary/aromatic N) is 4. The van der Waals surface area contributed by atoms with E-state index in [2.05, 4.69) is 41.8 Å². The van der Waals surface area contributed by atoms with Crippen LogP contribution in [0.3, 0.4) is 0 Å². The summed E-state index contributed by atoms with van der Waals surface area (Å²) in [5.74, 6) is 1.42. The summed E-state index contributed by atoms with van der Waals surface area (Å²) in [5, 5.41) is 10.7. The molecule has 0 N–H and O–H groups in total. The number of halogens is 1. The van der Waals surface area contributed by atoms with Gasteiger partial charge in [0, 0.05) is 22.4 Å². The molecule has 7 heteroatoms. The molecule has 1 atom stereocenters. The van der Waals surface area contributed by atoms with Gasteiger partial charge in [-0.25, -0.2) is 15.0 Å². The number of hydrogen-bond donors (Lipinski definition) is 0. The summed E-state index contributed by atoms with van der Waals surface area (Å²) in [7, 11) is 0. The number of hydrogen-bond acceptors (Lipinski definition) is 6. The van der Waals surface area contributed by atoms with Crippen LogP contribution < -0.4 is 9.75 Å². The van der Waals surface area contributed by atoms with Gasteiger partial charge in [0.25, 0.3) is 0 Å². The molecular weight excluding hydrogens is 488 g/mol. The number of thiophene rings is 1. The molecule has 0 fully saturated rings. The maximum atomic E-state index is 6.36. The van der Waals surface area contributed by atoms with Crippen LogP contribution in [-0.2, 0) is 0 Å². The third kappa shape index (κ3) is 4.34. The van der Waals surface area contributed by atoms with Gasteiger partial charge in [-0.15, -0.1) is 11.3 Å². The van der Waals surface area contributed by atoms with Crippen molar-refractivity contribution in [2.45, 2.75) is 19.4 Å². The van der Waals surface area contributed by atoms with Gasteiger partial charge in [0.2, 0.25) is 5.95 Å². The van der Waals surface area contributed by atoms with E-state index in [-0.39, 0.29) is 6.04 Å². The predicted molar refractivity (Wildman–Crippen MR) is 148 cm³/mol. The molecule has 178 valence electrons. The largest absolute Gasteiger partial charge is 0.494 e. The summed E-state index contributed by atoms with van der Waals surface area (Å²) in [5.41, 5.74) is 4.84. The summed E-state index contributed by atoms with van der Waals surface area (Å²) < 4.78 is 5.66. The second kappa shape index (κ2) is 9.72. The molecular formula is C29H23ClN4OS. The van der Waals surface area contributed by atoms with E-state index in [4.69, 9.17) is 31.4 Å². The number of rotatable bonds is 6. The first-order chi connectivity index (χ1) is 17.7. The Morgan fingerprint density at radius 1 is 0.972 bits per heavy atom. The Kier molecular flexibility index (Phi) is 6.13. The number of ether oxygens (including phenoxy) is 1. The van der Waals surface area contributed by atoms with E-state index in [1.54, 1.807) is 11.3 Å². The predicted octanol–water partition coefficient (Wildman–Crippen LogP) is 7.77. The van der Waals surface area contributed by atoms with Gasteiger partial charge in [-0.1, -0.05) is 60.1 Å². The average molecular weight is 511 g/mol. The molecule has 1 aliphatic rings. The highest BCUT2D eigenvalue weighted by Crippen LogP contribution is 2.38. The minimum Gasteiger partial charge on any atom is -0.494 e. The van der Waals surface area contributed by atoms with E-state index >= 15 is 0 Å². The number of anilines is 1. The molecule has 0 bridgehead atoms. The Hall–Kier alpha value is -3.74. The number of benzene rings is 3. The zero-order chi connectivity index (χ0) is 24.5. The average Bonchev–Trinajstić information content (AvgIpc) is 3.60. The highest BCUT2D eigenvalue weighted by molar-refractivity contribution is 7.12. The van der Waals surface area contributed by atoms with Gasteiger partial charge in [0.1, 0.15) is 5.75 Å². The fraction of sp³-hybridized carbons (Fsp3) is 0.138. The van der Waals surface area contributed by atoms with E-state index in [0.717, 1.165) is 50.5 Å². The summed E-state index contributed by atoms with van der Waals surface area (Å²) in [6.07, 6.45) is 0.761. The van der Waals surface area contributed by atoms with E-state index in [1.165, 1.54) is 0 Å². The van der Waals surface area contributed by atoms with Crippen LogP contribution in [0.25, 0.3) is 22.2 Å². The SMILES string of the molecule is CCOc1ccc([C@H]2CC(c3cccs3)=NN2c2nc(-c3ccccc3)c3cc(Cl)ccc3n2)cc1. The molecule has 0 spiro atoms. The lowest BCUT2D eigenvalue weighted by Gasteiger charge is -2.23. The monoisotopic (exact) mass is 510 g/mol. The van der Waals surface area contributed by atoms with Crippen molar-refractivity contribution in [3.8, 4) is 17.0 Å². The first-order valence-corrected chi connectivity index (χ1v) is 13.1. The number of aromatic nitrogens is 2. The van der Waals surface area contributed by atoms with Gasteiger partial charge < -0.3 is 4.74 Å². The van der Waals surface area contributed by atoms with Gasteiger partial charge in [0.05, 0.1) is 34.4 Å². The third-order valence-electron chi connectivity index (χ3n) is 6.19. The first-order valence-electron chi connectivity index (χ1n) is 11.9. The molecule has 36 heavy (non-hydrogen) atoms. The van der Waals surface area contributed by atoms with Crippen LogP contribution in [0.5, 0.6) is 5.75 Å². The van der Waals surface area contributed by atoms with Crippen LogP contribution in [0.2, 0.25) is 5.02 Å².